The summed E-state index contributed by atoms with van der Waals surface area (Å²) in [6.45, 7) is 7.69. The Hall–Kier alpha value is -2.59. The predicted octanol–water partition coefficient (Wildman–Crippen LogP) is 4.71. The molecule has 0 radical (unpaired) electrons. The summed E-state index contributed by atoms with van der Waals surface area (Å²) in [5, 5.41) is 3.35. The fourth-order valence-corrected chi connectivity index (χ4v) is 2.37. The normalized spacial score (nSPS) is 15.5. The standard InChI is InChI=1S/C18H23N3O3/c1-11(2)7-6-8-12(3)9-10-14-13(4)16(22)18(24-5)15(17(14)23)20-21-19/h7,9H,6,8,10H2,1-5H3. The van der Waals surface area contributed by atoms with E-state index in [1.807, 2.05) is 13.0 Å². The molecular formula is C18H23N3O3. The first kappa shape index (κ1) is 19.5. The number of ketones is 2. The summed E-state index contributed by atoms with van der Waals surface area (Å²) >= 11 is 0. The minimum absolute atomic E-state index is 0.191. The molecule has 6 heteroatoms. The maximum absolute atomic E-state index is 12.5. The Bertz CT molecular complexity index is 714. The van der Waals surface area contributed by atoms with Crippen LogP contribution in [-0.2, 0) is 14.3 Å². The number of rotatable bonds is 7. The van der Waals surface area contributed by atoms with Crippen molar-refractivity contribution in [3.8, 4) is 0 Å². The topological polar surface area (TPSA) is 92.1 Å². The molecule has 1 rings (SSSR count). The van der Waals surface area contributed by atoms with E-state index in [0.717, 1.165) is 18.4 Å². The maximum atomic E-state index is 12.5. The van der Waals surface area contributed by atoms with Gasteiger partial charge in [0.15, 0.2) is 11.5 Å². The molecule has 0 unspecified atom stereocenters. The lowest BCUT2D eigenvalue weighted by Crippen LogP contribution is -2.23. The number of ether oxygens (including phenoxy) is 1. The van der Waals surface area contributed by atoms with Crippen LogP contribution in [0.25, 0.3) is 10.4 Å². The van der Waals surface area contributed by atoms with Crippen molar-refractivity contribution in [2.75, 3.05) is 7.11 Å². The van der Waals surface area contributed by atoms with Crippen LogP contribution in [-0.4, -0.2) is 18.7 Å². The van der Waals surface area contributed by atoms with Crippen molar-refractivity contribution < 1.29 is 14.3 Å². The van der Waals surface area contributed by atoms with Crippen LogP contribution in [0.1, 0.15) is 47.0 Å². The molecule has 24 heavy (non-hydrogen) atoms. The van der Waals surface area contributed by atoms with E-state index in [9.17, 15) is 9.59 Å². The molecule has 1 aliphatic rings. The fourth-order valence-electron chi connectivity index (χ4n) is 2.37. The van der Waals surface area contributed by atoms with Gasteiger partial charge in [0, 0.05) is 16.1 Å². The van der Waals surface area contributed by atoms with Gasteiger partial charge in [-0.05, 0) is 52.5 Å². The lowest BCUT2D eigenvalue weighted by molar-refractivity contribution is -0.118. The van der Waals surface area contributed by atoms with Gasteiger partial charge in [-0.25, -0.2) is 0 Å². The summed E-state index contributed by atoms with van der Waals surface area (Å²) < 4.78 is 4.95. The van der Waals surface area contributed by atoms with Gasteiger partial charge in [0.05, 0.1) is 7.11 Å². The third-order valence-corrected chi connectivity index (χ3v) is 3.80. The SMILES string of the molecule is COC1=C(N=[N+]=[N-])C(=O)C(CC=C(C)CCC=C(C)C)=C(C)C1=O. The first-order valence-corrected chi connectivity index (χ1v) is 7.75. The number of Topliss-reactive ketones (excluding diaryl/α,β-unsaturated/α-hetero) is 2. The van der Waals surface area contributed by atoms with Crippen LogP contribution in [0.3, 0.4) is 0 Å². The Morgan fingerprint density at radius 1 is 1.21 bits per heavy atom. The number of allylic oxidation sites excluding steroid dienone is 6. The summed E-state index contributed by atoms with van der Waals surface area (Å²) in [5.41, 5.74) is 11.5. The van der Waals surface area contributed by atoms with Crippen molar-refractivity contribution in [3.05, 3.63) is 56.3 Å². The van der Waals surface area contributed by atoms with Crippen molar-refractivity contribution in [1.29, 1.82) is 0 Å². The Balaban J connectivity index is 3.01. The van der Waals surface area contributed by atoms with Gasteiger partial charge in [0.2, 0.25) is 5.78 Å². The van der Waals surface area contributed by atoms with Crippen molar-refractivity contribution >= 4 is 11.6 Å². The number of methoxy groups -OCH3 is 1. The summed E-state index contributed by atoms with van der Waals surface area (Å²) in [7, 11) is 1.28. The average Bonchev–Trinajstić information content (AvgIpc) is 2.52. The highest BCUT2D eigenvalue weighted by Gasteiger charge is 2.32. The molecule has 0 saturated heterocycles. The monoisotopic (exact) mass is 329 g/mol. The molecule has 0 aromatic carbocycles. The van der Waals surface area contributed by atoms with E-state index in [-0.39, 0.29) is 11.5 Å². The van der Waals surface area contributed by atoms with E-state index < -0.39 is 11.6 Å². The van der Waals surface area contributed by atoms with Gasteiger partial charge in [-0.15, -0.1) is 0 Å². The zero-order valence-corrected chi connectivity index (χ0v) is 14.8. The highest BCUT2D eigenvalue weighted by Crippen LogP contribution is 2.28. The van der Waals surface area contributed by atoms with E-state index in [1.165, 1.54) is 12.7 Å². The summed E-state index contributed by atoms with van der Waals surface area (Å²) in [5.74, 6) is -1.05. The lowest BCUT2D eigenvalue weighted by Gasteiger charge is -2.18. The molecule has 128 valence electrons. The Kier molecular flexibility index (Phi) is 7.21. The third kappa shape index (κ3) is 4.70. The quantitative estimate of drug-likeness (QED) is 0.223. The molecule has 0 aromatic rings. The number of nitrogens with zero attached hydrogens (tertiary/aromatic N) is 3. The zero-order chi connectivity index (χ0) is 18.3. The molecule has 0 spiro atoms. The Morgan fingerprint density at radius 2 is 1.88 bits per heavy atom. The van der Waals surface area contributed by atoms with Crippen LogP contribution in [0.15, 0.2) is 51.0 Å². The minimum atomic E-state index is -0.449. The lowest BCUT2D eigenvalue weighted by atomic mass is 9.89. The summed E-state index contributed by atoms with van der Waals surface area (Å²) in [6.07, 6.45) is 6.26. The van der Waals surface area contributed by atoms with Gasteiger partial charge < -0.3 is 4.74 Å². The zero-order valence-electron chi connectivity index (χ0n) is 14.8. The van der Waals surface area contributed by atoms with Crippen LogP contribution < -0.4 is 0 Å². The molecule has 0 aliphatic heterocycles. The van der Waals surface area contributed by atoms with Gasteiger partial charge in [0.25, 0.3) is 0 Å². The second-order valence-electron chi connectivity index (χ2n) is 5.91. The predicted molar refractivity (Wildman–Crippen MR) is 92.9 cm³/mol. The van der Waals surface area contributed by atoms with E-state index in [0.29, 0.717) is 17.6 Å². The molecule has 0 heterocycles. The van der Waals surface area contributed by atoms with Crippen molar-refractivity contribution in [1.82, 2.24) is 0 Å². The Labute approximate surface area is 142 Å². The van der Waals surface area contributed by atoms with E-state index >= 15 is 0 Å². The first-order chi connectivity index (χ1) is 11.3. The van der Waals surface area contributed by atoms with Crippen LogP contribution in [0.4, 0.5) is 0 Å². The number of carbonyl (C=O) groups excluding carboxylic acids is 2. The van der Waals surface area contributed by atoms with Gasteiger partial charge in [-0.1, -0.05) is 28.4 Å². The van der Waals surface area contributed by atoms with Crippen molar-refractivity contribution in [2.24, 2.45) is 5.11 Å². The molecular weight excluding hydrogens is 306 g/mol. The fraction of sp³-hybridized carbons (Fsp3) is 0.444. The van der Waals surface area contributed by atoms with Crippen LogP contribution in [0.2, 0.25) is 0 Å². The van der Waals surface area contributed by atoms with E-state index in [1.54, 1.807) is 6.92 Å². The van der Waals surface area contributed by atoms with Gasteiger partial charge in [-0.2, -0.15) is 0 Å². The van der Waals surface area contributed by atoms with Gasteiger partial charge >= 0.3 is 0 Å². The largest absolute Gasteiger partial charge is 0.492 e. The second-order valence-corrected chi connectivity index (χ2v) is 5.91. The number of hydrogen-bond acceptors (Lipinski definition) is 4. The molecule has 6 nitrogen and oxygen atoms in total. The molecule has 0 saturated carbocycles. The molecule has 0 fully saturated rings. The van der Waals surface area contributed by atoms with Gasteiger partial charge in [-0.3, -0.25) is 9.59 Å². The molecule has 0 bridgehead atoms. The first-order valence-electron chi connectivity index (χ1n) is 7.75. The third-order valence-electron chi connectivity index (χ3n) is 3.80. The smallest absolute Gasteiger partial charge is 0.224 e. The molecule has 0 N–H and O–H groups in total. The molecule has 1 aliphatic carbocycles. The van der Waals surface area contributed by atoms with Crippen LogP contribution in [0, 0.1) is 0 Å². The molecule has 0 amide bonds. The number of azide groups is 1. The van der Waals surface area contributed by atoms with Crippen molar-refractivity contribution in [2.45, 2.75) is 47.0 Å². The molecule has 0 atom stereocenters. The van der Waals surface area contributed by atoms with Crippen LogP contribution in [0.5, 0.6) is 0 Å². The van der Waals surface area contributed by atoms with Gasteiger partial charge in [0.1, 0.15) is 5.70 Å². The molecule has 0 aromatic heterocycles. The number of hydrogen-bond donors (Lipinski definition) is 0. The highest BCUT2D eigenvalue weighted by molar-refractivity contribution is 6.24. The van der Waals surface area contributed by atoms with Crippen molar-refractivity contribution in [3.63, 3.8) is 0 Å². The minimum Gasteiger partial charge on any atom is -0.492 e. The van der Waals surface area contributed by atoms with Crippen LogP contribution >= 0.6 is 0 Å². The number of carbonyl (C=O) groups is 2. The summed E-state index contributed by atoms with van der Waals surface area (Å²) in [6, 6.07) is 0. The highest BCUT2D eigenvalue weighted by atomic mass is 16.5. The van der Waals surface area contributed by atoms with E-state index in [2.05, 4.69) is 29.9 Å². The van der Waals surface area contributed by atoms with E-state index in [4.69, 9.17) is 10.3 Å². The second kappa shape index (κ2) is 8.89. The summed E-state index contributed by atoms with van der Waals surface area (Å²) in [4.78, 5) is 27.4. The maximum Gasteiger partial charge on any atom is 0.224 e. The Morgan fingerprint density at radius 3 is 2.42 bits per heavy atom. The average molecular weight is 329 g/mol.